The SMILES string of the molecule is COc1cccc(OC)c1-c1ccc(N(C)CCN(C)c2ccc(-c3c(OC)cccc3OC)nc2)cn1. The summed E-state index contributed by atoms with van der Waals surface area (Å²) in [7, 11) is 10.7. The van der Waals surface area contributed by atoms with Crippen molar-refractivity contribution in [3.63, 3.8) is 0 Å². The molecule has 0 saturated carbocycles. The third-order valence-corrected chi connectivity index (χ3v) is 6.52. The van der Waals surface area contributed by atoms with Gasteiger partial charge in [-0.3, -0.25) is 9.97 Å². The van der Waals surface area contributed by atoms with Gasteiger partial charge < -0.3 is 28.7 Å². The van der Waals surface area contributed by atoms with Crippen molar-refractivity contribution in [2.75, 3.05) is 65.4 Å². The predicted molar refractivity (Wildman–Crippen MR) is 152 cm³/mol. The minimum absolute atomic E-state index is 0.725. The maximum Gasteiger partial charge on any atom is 0.132 e. The van der Waals surface area contributed by atoms with Crippen molar-refractivity contribution in [1.82, 2.24) is 9.97 Å². The minimum atomic E-state index is 0.725. The average Bonchev–Trinajstić information content (AvgIpc) is 2.98. The largest absolute Gasteiger partial charge is 0.496 e. The number of likely N-dealkylation sites (N-methyl/N-ethyl adjacent to an activating group) is 2. The molecule has 0 bridgehead atoms. The molecule has 4 rings (SSSR count). The highest BCUT2D eigenvalue weighted by Crippen LogP contribution is 2.38. The van der Waals surface area contributed by atoms with Crippen molar-refractivity contribution in [1.29, 1.82) is 0 Å². The lowest BCUT2D eigenvalue weighted by Gasteiger charge is -2.25. The number of ether oxygens (including phenoxy) is 4. The first-order chi connectivity index (χ1) is 18.5. The highest BCUT2D eigenvalue weighted by Gasteiger charge is 2.16. The van der Waals surface area contributed by atoms with E-state index in [4.69, 9.17) is 28.9 Å². The lowest BCUT2D eigenvalue weighted by Crippen LogP contribution is -2.30. The molecule has 0 radical (unpaired) electrons. The summed E-state index contributed by atoms with van der Waals surface area (Å²) < 4.78 is 22.1. The number of hydrogen-bond donors (Lipinski definition) is 0. The maximum absolute atomic E-state index is 5.53. The van der Waals surface area contributed by atoms with Crippen molar-refractivity contribution < 1.29 is 18.9 Å². The van der Waals surface area contributed by atoms with Crippen LogP contribution in [0.15, 0.2) is 73.1 Å². The smallest absolute Gasteiger partial charge is 0.132 e. The molecule has 4 aromatic rings. The second-order valence-electron chi connectivity index (χ2n) is 8.72. The molecule has 38 heavy (non-hydrogen) atoms. The third-order valence-electron chi connectivity index (χ3n) is 6.52. The normalized spacial score (nSPS) is 10.6. The standard InChI is InChI=1S/C30H34N4O4/c1-33(21-13-15-23(31-19-21)29-25(35-3)9-7-10-26(29)36-4)17-18-34(2)22-14-16-24(32-20-22)30-27(37-5)11-8-12-28(30)38-6/h7-16,19-20H,17-18H2,1-6H3. The number of anilines is 2. The number of benzene rings is 2. The first-order valence-electron chi connectivity index (χ1n) is 12.3. The Kier molecular flexibility index (Phi) is 8.53. The molecular formula is C30H34N4O4. The highest BCUT2D eigenvalue weighted by molar-refractivity contribution is 5.76. The summed E-state index contributed by atoms with van der Waals surface area (Å²) in [5, 5.41) is 0. The number of nitrogens with zero attached hydrogens (tertiary/aromatic N) is 4. The van der Waals surface area contributed by atoms with E-state index in [0.717, 1.165) is 70.0 Å². The van der Waals surface area contributed by atoms with E-state index in [1.54, 1.807) is 28.4 Å². The van der Waals surface area contributed by atoms with Crippen LogP contribution in [0.3, 0.4) is 0 Å². The molecule has 0 atom stereocenters. The van der Waals surface area contributed by atoms with Crippen LogP contribution in [-0.4, -0.2) is 65.6 Å². The van der Waals surface area contributed by atoms with Crippen LogP contribution in [0.4, 0.5) is 11.4 Å². The van der Waals surface area contributed by atoms with Crippen LogP contribution in [0.25, 0.3) is 22.5 Å². The summed E-state index contributed by atoms with van der Waals surface area (Å²) >= 11 is 0. The molecule has 198 valence electrons. The summed E-state index contributed by atoms with van der Waals surface area (Å²) in [5.74, 6) is 2.90. The van der Waals surface area contributed by atoms with E-state index in [-0.39, 0.29) is 0 Å². The summed E-state index contributed by atoms with van der Waals surface area (Å²) in [6, 6.07) is 19.5. The summed E-state index contributed by atoms with van der Waals surface area (Å²) in [5.41, 5.74) is 5.32. The van der Waals surface area contributed by atoms with Crippen molar-refractivity contribution >= 4 is 11.4 Å². The molecule has 0 amide bonds. The van der Waals surface area contributed by atoms with Gasteiger partial charge in [0.2, 0.25) is 0 Å². The van der Waals surface area contributed by atoms with Crippen molar-refractivity contribution in [3.8, 4) is 45.5 Å². The van der Waals surface area contributed by atoms with E-state index in [0.29, 0.717) is 0 Å². The fourth-order valence-electron chi connectivity index (χ4n) is 4.28. The van der Waals surface area contributed by atoms with Crippen molar-refractivity contribution in [2.24, 2.45) is 0 Å². The molecule has 0 saturated heterocycles. The van der Waals surface area contributed by atoms with E-state index >= 15 is 0 Å². The van der Waals surface area contributed by atoms with Crippen molar-refractivity contribution in [2.45, 2.75) is 0 Å². The molecule has 0 spiro atoms. The molecule has 8 nitrogen and oxygen atoms in total. The summed E-state index contributed by atoms with van der Waals surface area (Å²) in [6.07, 6.45) is 3.75. The van der Waals surface area contributed by atoms with Gasteiger partial charge >= 0.3 is 0 Å². The number of aromatic nitrogens is 2. The summed E-state index contributed by atoms with van der Waals surface area (Å²) in [6.45, 7) is 1.61. The minimum Gasteiger partial charge on any atom is -0.496 e. The Bertz CT molecular complexity index is 1190. The van der Waals surface area contributed by atoms with Crippen LogP contribution in [0.2, 0.25) is 0 Å². The van der Waals surface area contributed by atoms with Crippen LogP contribution in [0.1, 0.15) is 0 Å². The molecule has 0 aliphatic carbocycles. The molecule has 0 unspecified atom stereocenters. The van der Waals surface area contributed by atoms with Gasteiger partial charge in [0.05, 0.1) is 74.7 Å². The van der Waals surface area contributed by atoms with Gasteiger partial charge in [0, 0.05) is 27.2 Å². The topological polar surface area (TPSA) is 69.2 Å². The van der Waals surface area contributed by atoms with Gasteiger partial charge in [0.25, 0.3) is 0 Å². The van der Waals surface area contributed by atoms with Crippen molar-refractivity contribution in [3.05, 3.63) is 73.1 Å². The molecule has 8 heteroatoms. The van der Waals surface area contributed by atoms with Gasteiger partial charge in [0.15, 0.2) is 0 Å². The van der Waals surface area contributed by atoms with Crippen LogP contribution in [0, 0.1) is 0 Å². The lowest BCUT2D eigenvalue weighted by atomic mass is 10.1. The Balaban J connectivity index is 1.42. The van der Waals surface area contributed by atoms with Crippen LogP contribution >= 0.6 is 0 Å². The zero-order valence-corrected chi connectivity index (χ0v) is 22.8. The predicted octanol–water partition coefficient (Wildman–Crippen LogP) is 5.42. The van der Waals surface area contributed by atoms with E-state index in [9.17, 15) is 0 Å². The van der Waals surface area contributed by atoms with Crippen LogP contribution < -0.4 is 28.7 Å². The zero-order chi connectivity index (χ0) is 27.1. The Labute approximate surface area is 224 Å². The fraction of sp³-hybridized carbons (Fsp3) is 0.267. The Morgan fingerprint density at radius 2 is 0.868 bits per heavy atom. The Morgan fingerprint density at radius 3 is 1.13 bits per heavy atom. The molecule has 0 fully saturated rings. The van der Waals surface area contributed by atoms with E-state index in [2.05, 4.69) is 36.0 Å². The van der Waals surface area contributed by atoms with E-state index < -0.39 is 0 Å². The fourth-order valence-corrected chi connectivity index (χ4v) is 4.28. The van der Waals surface area contributed by atoms with Gasteiger partial charge in [-0.25, -0.2) is 0 Å². The maximum atomic E-state index is 5.53. The second-order valence-corrected chi connectivity index (χ2v) is 8.72. The first kappa shape index (κ1) is 26.6. The number of rotatable bonds is 11. The molecule has 0 aliphatic rings. The van der Waals surface area contributed by atoms with E-state index in [1.165, 1.54) is 0 Å². The molecule has 0 aliphatic heterocycles. The van der Waals surface area contributed by atoms with E-state index in [1.807, 2.05) is 60.9 Å². The Morgan fingerprint density at radius 1 is 0.526 bits per heavy atom. The van der Waals surface area contributed by atoms with Crippen LogP contribution in [-0.2, 0) is 0 Å². The molecule has 2 aromatic heterocycles. The number of pyridine rings is 2. The highest BCUT2D eigenvalue weighted by atomic mass is 16.5. The summed E-state index contributed by atoms with van der Waals surface area (Å²) in [4.78, 5) is 13.7. The van der Waals surface area contributed by atoms with Gasteiger partial charge in [-0.05, 0) is 48.5 Å². The number of methoxy groups -OCH3 is 4. The van der Waals surface area contributed by atoms with Gasteiger partial charge in [0.1, 0.15) is 23.0 Å². The molecule has 2 heterocycles. The molecule has 2 aromatic carbocycles. The quantitative estimate of drug-likeness (QED) is 0.263. The average molecular weight is 515 g/mol. The van der Waals surface area contributed by atoms with Crippen LogP contribution in [0.5, 0.6) is 23.0 Å². The van der Waals surface area contributed by atoms with Gasteiger partial charge in [-0.1, -0.05) is 12.1 Å². The second kappa shape index (κ2) is 12.2. The third kappa shape index (κ3) is 5.59. The van der Waals surface area contributed by atoms with Gasteiger partial charge in [-0.2, -0.15) is 0 Å². The molecule has 0 N–H and O–H groups in total. The molecular weight excluding hydrogens is 480 g/mol. The first-order valence-corrected chi connectivity index (χ1v) is 12.3. The lowest BCUT2D eigenvalue weighted by molar-refractivity contribution is 0.397. The van der Waals surface area contributed by atoms with Gasteiger partial charge in [-0.15, -0.1) is 0 Å². The number of hydrogen-bond acceptors (Lipinski definition) is 8. The monoisotopic (exact) mass is 514 g/mol. The zero-order valence-electron chi connectivity index (χ0n) is 22.8. The Hall–Kier alpha value is -4.46.